The summed E-state index contributed by atoms with van der Waals surface area (Å²) in [6, 6.07) is 0. The fraction of sp³-hybridized carbons (Fsp3) is 1.00. The molecule has 0 radical (unpaired) electrons. The molecule has 0 amide bonds. The molecular formula is C15H24O2. The van der Waals surface area contributed by atoms with E-state index in [-0.39, 0.29) is 6.29 Å². The Morgan fingerprint density at radius 3 is 2.47 bits per heavy atom. The molecule has 96 valence electrons. The largest absolute Gasteiger partial charge is 0.356 e. The topological polar surface area (TPSA) is 18.5 Å². The van der Waals surface area contributed by atoms with Crippen molar-refractivity contribution in [2.75, 3.05) is 7.11 Å². The highest BCUT2D eigenvalue weighted by Gasteiger charge is 2.62. The van der Waals surface area contributed by atoms with Gasteiger partial charge in [-0.05, 0) is 74.5 Å². The monoisotopic (exact) mass is 236 g/mol. The van der Waals surface area contributed by atoms with Crippen LogP contribution in [0.25, 0.3) is 0 Å². The van der Waals surface area contributed by atoms with Crippen LogP contribution in [0.2, 0.25) is 0 Å². The Morgan fingerprint density at radius 1 is 0.941 bits per heavy atom. The summed E-state index contributed by atoms with van der Waals surface area (Å²) in [5.41, 5.74) is 0. The van der Waals surface area contributed by atoms with Gasteiger partial charge in [0.2, 0.25) is 0 Å². The van der Waals surface area contributed by atoms with Crippen molar-refractivity contribution >= 4 is 0 Å². The third kappa shape index (κ3) is 1.40. The average molecular weight is 236 g/mol. The highest BCUT2D eigenvalue weighted by atomic mass is 16.7. The zero-order chi connectivity index (χ0) is 11.6. The lowest BCUT2D eigenvalue weighted by Gasteiger charge is -2.39. The molecule has 17 heavy (non-hydrogen) atoms. The standard InChI is InChI=1S/C15H24O2/c1-8(16-2)17-13-7-11-6-12(13)15-10-4-3-9(5-10)14(11)15/h8-15H,3-7H2,1-2H3. The van der Waals surface area contributed by atoms with Gasteiger partial charge in [0.05, 0.1) is 6.10 Å². The summed E-state index contributed by atoms with van der Waals surface area (Å²) >= 11 is 0. The fourth-order valence-electron chi connectivity index (χ4n) is 5.96. The molecule has 4 aliphatic carbocycles. The Labute approximate surface area is 104 Å². The number of fused-ring (bicyclic) bond motifs is 9. The van der Waals surface area contributed by atoms with Gasteiger partial charge in [-0.25, -0.2) is 0 Å². The van der Waals surface area contributed by atoms with Crippen LogP contribution in [0.4, 0.5) is 0 Å². The first-order chi connectivity index (χ1) is 8.28. The Morgan fingerprint density at radius 2 is 1.71 bits per heavy atom. The normalized spacial score (nSPS) is 56.5. The van der Waals surface area contributed by atoms with E-state index in [9.17, 15) is 0 Å². The Kier molecular flexibility index (Phi) is 2.36. The minimum Gasteiger partial charge on any atom is -0.356 e. The van der Waals surface area contributed by atoms with Crippen LogP contribution in [-0.2, 0) is 9.47 Å². The lowest BCUT2D eigenvalue weighted by Crippen LogP contribution is -2.38. The van der Waals surface area contributed by atoms with Crippen molar-refractivity contribution in [2.45, 2.75) is 51.4 Å². The Balaban J connectivity index is 1.51. The molecule has 0 aliphatic heterocycles. The SMILES string of the molecule is COC(C)OC1CC2CC1C1C3CCC(C3)C21. The van der Waals surface area contributed by atoms with Gasteiger partial charge in [0.25, 0.3) is 0 Å². The van der Waals surface area contributed by atoms with E-state index in [4.69, 9.17) is 9.47 Å². The third-order valence-corrected chi connectivity index (χ3v) is 6.37. The highest BCUT2D eigenvalue weighted by Crippen LogP contribution is 2.67. The molecule has 8 atom stereocenters. The minimum atomic E-state index is -0.0172. The predicted molar refractivity (Wildman–Crippen MR) is 65.4 cm³/mol. The average Bonchev–Trinajstić information content (AvgIpc) is 3.06. The molecule has 0 heterocycles. The summed E-state index contributed by atoms with van der Waals surface area (Å²) in [6.45, 7) is 2.03. The first-order valence-corrected chi connectivity index (χ1v) is 7.46. The van der Waals surface area contributed by atoms with E-state index in [1.54, 1.807) is 13.5 Å². The lowest BCUT2D eigenvalue weighted by atomic mass is 9.70. The summed E-state index contributed by atoms with van der Waals surface area (Å²) in [4.78, 5) is 0. The van der Waals surface area contributed by atoms with E-state index in [1.807, 2.05) is 6.92 Å². The first-order valence-electron chi connectivity index (χ1n) is 7.46. The molecule has 4 saturated carbocycles. The van der Waals surface area contributed by atoms with Gasteiger partial charge in [0.15, 0.2) is 6.29 Å². The molecule has 8 unspecified atom stereocenters. The van der Waals surface area contributed by atoms with Crippen molar-refractivity contribution in [3.63, 3.8) is 0 Å². The van der Waals surface area contributed by atoms with Crippen molar-refractivity contribution < 1.29 is 9.47 Å². The molecule has 0 N–H and O–H groups in total. The maximum Gasteiger partial charge on any atom is 0.154 e. The van der Waals surface area contributed by atoms with E-state index in [1.165, 1.54) is 25.7 Å². The second-order valence-corrected chi connectivity index (χ2v) is 6.86. The summed E-state index contributed by atoms with van der Waals surface area (Å²) in [5.74, 6) is 6.15. The van der Waals surface area contributed by atoms with Crippen LogP contribution in [0.5, 0.6) is 0 Å². The summed E-state index contributed by atoms with van der Waals surface area (Å²) in [7, 11) is 1.75. The molecule has 4 bridgehead atoms. The van der Waals surface area contributed by atoms with Crippen molar-refractivity contribution in [3.8, 4) is 0 Å². The van der Waals surface area contributed by atoms with Gasteiger partial charge in [-0.15, -0.1) is 0 Å². The zero-order valence-electron chi connectivity index (χ0n) is 11.0. The lowest BCUT2D eigenvalue weighted by molar-refractivity contribution is -0.166. The number of hydrogen-bond acceptors (Lipinski definition) is 2. The molecule has 2 heteroatoms. The van der Waals surface area contributed by atoms with Crippen LogP contribution >= 0.6 is 0 Å². The number of hydrogen-bond donors (Lipinski definition) is 0. The molecule has 4 aliphatic rings. The second kappa shape index (κ2) is 3.71. The van der Waals surface area contributed by atoms with Crippen molar-refractivity contribution in [3.05, 3.63) is 0 Å². The number of methoxy groups -OCH3 is 1. The Hall–Kier alpha value is -0.0800. The van der Waals surface area contributed by atoms with Gasteiger partial charge in [0.1, 0.15) is 0 Å². The van der Waals surface area contributed by atoms with Crippen LogP contribution in [0, 0.1) is 35.5 Å². The smallest absolute Gasteiger partial charge is 0.154 e. The molecule has 0 saturated heterocycles. The van der Waals surface area contributed by atoms with Crippen molar-refractivity contribution in [2.24, 2.45) is 35.5 Å². The van der Waals surface area contributed by atoms with Gasteiger partial charge >= 0.3 is 0 Å². The van der Waals surface area contributed by atoms with E-state index in [2.05, 4.69) is 0 Å². The van der Waals surface area contributed by atoms with Crippen molar-refractivity contribution in [1.82, 2.24) is 0 Å². The van der Waals surface area contributed by atoms with E-state index < -0.39 is 0 Å². The van der Waals surface area contributed by atoms with Crippen LogP contribution < -0.4 is 0 Å². The zero-order valence-corrected chi connectivity index (χ0v) is 11.0. The van der Waals surface area contributed by atoms with Gasteiger partial charge in [-0.1, -0.05) is 0 Å². The molecule has 0 aromatic carbocycles. The molecule has 4 rings (SSSR count). The Bertz CT molecular complexity index is 316. The maximum atomic E-state index is 6.09. The van der Waals surface area contributed by atoms with Crippen LogP contribution in [-0.4, -0.2) is 19.5 Å². The molecule has 4 fully saturated rings. The molecule has 0 aromatic heterocycles. The van der Waals surface area contributed by atoms with Crippen LogP contribution in [0.15, 0.2) is 0 Å². The summed E-state index contributed by atoms with van der Waals surface area (Å²) in [6.07, 6.45) is 7.88. The van der Waals surface area contributed by atoms with Crippen molar-refractivity contribution in [1.29, 1.82) is 0 Å². The summed E-state index contributed by atoms with van der Waals surface area (Å²) < 4.78 is 11.4. The van der Waals surface area contributed by atoms with E-state index in [0.717, 1.165) is 35.5 Å². The highest BCUT2D eigenvalue weighted by molar-refractivity contribution is 5.11. The molecule has 2 nitrogen and oxygen atoms in total. The second-order valence-electron chi connectivity index (χ2n) is 6.86. The quantitative estimate of drug-likeness (QED) is 0.554. The third-order valence-electron chi connectivity index (χ3n) is 6.37. The summed E-state index contributed by atoms with van der Waals surface area (Å²) in [5, 5.41) is 0. The molecule has 0 aromatic rings. The number of rotatable bonds is 3. The number of ether oxygens (including phenoxy) is 2. The first kappa shape index (κ1) is 10.8. The van der Waals surface area contributed by atoms with Gasteiger partial charge in [-0.2, -0.15) is 0 Å². The fourth-order valence-corrected chi connectivity index (χ4v) is 5.96. The van der Waals surface area contributed by atoms with Gasteiger partial charge < -0.3 is 9.47 Å². The maximum absolute atomic E-state index is 6.09. The van der Waals surface area contributed by atoms with Gasteiger partial charge in [-0.3, -0.25) is 0 Å². The van der Waals surface area contributed by atoms with E-state index >= 15 is 0 Å². The molecule has 0 spiro atoms. The predicted octanol–water partition coefficient (Wildman–Crippen LogP) is 3.07. The minimum absolute atomic E-state index is 0.0172. The van der Waals surface area contributed by atoms with Gasteiger partial charge in [0, 0.05) is 7.11 Å². The molecular weight excluding hydrogens is 212 g/mol. The van der Waals surface area contributed by atoms with Crippen LogP contribution in [0.3, 0.4) is 0 Å². The van der Waals surface area contributed by atoms with E-state index in [0.29, 0.717) is 6.10 Å². The van der Waals surface area contributed by atoms with Crippen LogP contribution in [0.1, 0.15) is 39.0 Å².